The van der Waals surface area contributed by atoms with Gasteiger partial charge in [-0.3, -0.25) is 9.59 Å². The van der Waals surface area contributed by atoms with Crippen LogP contribution in [0.2, 0.25) is 0 Å². The van der Waals surface area contributed by atoms with E-state index in [9.17, 15) is 9.59 Å². The standard InChI is InChI=1S/C24H24N4O3/c1-3-14-31-22-13-12-17-8-4-5-9-18(17)20(22)15-27(2)23(29)16-28-24(30)19-10-6-7-11-21(19)25-26-28/h4-13H,3,14-16H2,1-2H3. The summed E-state index contributed by atoms with van der Waals surface area (Å²) in [4.78, 5) is 27.2. The number of ether oxygens (including phenoxy) is 1. The maximum Gasteiger partial charge on any atom is 0.278 e. The van der Waals surface area contributed by atoms with Gasteiger partial charge in [0.05, 0.1) is 12.0 Å². The Kier molecular flexibility index (Phi) is 5.93. The lowest BCUT2D eigenvalue weighted by Gasteiger charge is -2.21. The molecular weight excluding hydrogens is 392 g/mol. The molecule has 0 atom stereocenters. The molecule has 0 saturated heterocycles. The Morgan fingerprint density at radius 2 is 1.77 bits per heavy atom. The van der Waals surface area contributed by atoms with Crippen LogP contribution in [0, 0.1) is 0 Å². The van der Waals surface area contributed by atoms with Crippen LogP contribution in [0.4, 0.5) is 0 Å². The van der Waals surface area contributed by atoms with Gasteiger partial charge in [-0.15, -0.1) is 5.10 Å². The van der Waals surface area contributed by atoms with Crippen molar-refractivity contribution >= 4 is 27.6 Å². The van der Waals surface area contributed by atoms with E-state index in [0.29, 0.717) is 24.1 Å². The second-order valence-electron chi connectivity index (χ2n) is 7.43. The number of aromatic nitrogens is 3. The smallest absolute Gasteiger partial charge is 0.278 e. The van der Waals surface area contributed by atoms with Crippen molar-refractivity contribution in [2.24, 2.45) is 0 Å². The Morgan fingerprint density at radius 3 is 2.58 bits per heavy atom. The number of amides is 1. The molecular formula is C24H24N4O3. The van der Waals surface area contributed by atoms with E-state index in [1.54, 1.807) is 36.2 Å². The molecule has 0 aliphatic heterocycles. The fraction of sp³-hybridized carbons (Fsp3) is 0.250. The van der Waals surface area contributed by atoms with E-state index in [4.69, 9.17) is 4.74 Å². The first-order chi connectivity index (χ1) is 15.1. The number of hydrogen-bond donors (Lipinski definition) is 0. The molecule has 7 heteroatoms. The summed E-state index contributed by atoms with van der Waals surface area (Å²) < 4.78 is 7.05. The molecule has 158 valence electrons. The summed E-state index contributed by atoms with van der Waals surface area (Å²) in [6, 6.07) is 19.0. The first-order valence-corrected chi connectivity index (χ1v) is 10.3. The van der Waals surface area contributed by atoms with Gasteiger partial charge in [0.2, 0.25) is 5.91 Å². The van der Waals surface area contributed by atoms with Crippen LogP contribution in [0.3, 0.4) is 0 Å². The number of carbonyl (C=O) groups is 1. The highest BCUT2D eigenvalue weighted by Crippen LogP contribution is 2.29. The Balaban J connectivity index is 1.60. The van der Waals surface area contributed by atoms with Gasteiger partial charge in [0, 0.05) is 19.2 Å². The van der Waals surface area contributed by atoms with Crippen molar-refractivity contribution in [2.75, 3.05) is 13.7 Å². The van der Waals surface area contributed by atoms with Gasteiger partial charge >= 0.3 is 0 Å². The molecule has 0 bridgehead atoms. The third-order valence-corrected chi connectivity index (χ3v) is 5.19. The molecule has 0 aliphatic carbocycles. The third kappa shape index (κ3) is 4.26. The largest absolute Gasteiger partial charge is 0.493 e. The molecule has 0 radical (unpaired) electrons. The number of likely N-dealkylation sites (N-methyl/N-ethyl adjacent to an activating group) is 1. The zero-order valence-electron chi connectivity index (χ0n) is 17.6. The van der Waals surface area contributed by atoms with E-state index in [1.807, 2.05) is 36.4 Å². The number of benzene rings is 3. The van der Waals surface area contributed by atoms with Crippen LogP contribution >= 0.6 is 0 Å². The van der Waals surface area contributed by atoms with Crippen molar-refractivity contribution in [3.63, 3.8) is 0 Å². The van der Waals surface area contributed by atoms with Gasteiger partial charge in [-0.2, -0.15) is 0 Å². The van der Waals surface area contributed by atoms with Crippen molar-refractivity contribution in [3.8, 4) is 5.75 Å². The molecule has 4 aromatic rings. The van der Waals surface area contributed by atoms with Gasteiger partial charge in [-0.25, -0.2) is 4.68 Å². The van der Waals surface area contributed by atoms with E-state index >= 15 is 0 Å². The Bertz CT molecular complexity index is 1300. The lowest BCUT2D eigenvalue weighted by Crippen LogP contribution is -2.35. The molecule has 1 heterocycles. The zero-order valence-corrected chi connectivity index (χ0v) is 17.6. The van der Waals surface area contributed by atoms with E-state index in [-0.39, 0.29) is 18.0 Å². The summed E-state index contributed by atoms with van der Waals surface area (Å²) in [6.45, 7) is 2.84. The third-order valence-electron chi connectivity index (χ3n) is 5.19. The molecule has 1 amide bonds. The Labute approximate surface area is 179 Å². The van der Waals surface area contributed by atoms with E-state index < -0.39 is 0 Å². The Hall–Kier alpha value is -3.74. The molecule has 7 nitrogen and oxygen atoms in total. The van der Waals surface area contributed by atoms with Crippen LogP contribution in [-0.4, -0.2) is 39.5 Å². The zero-order chi connectivity index (χ0) is 21.8. The van der Waals surface area contributed by atoms with Crippen LogP contribution in [0.5, 0.6) is 5.75 Å². The maximum absolute atomic E-state index is 12.9. The average Bonchev–Trinajstić information content (AvgIpc) is 2.80. The predicted octanol–water partition coefficient (Wildman–Crippen LogP) is 3.39. The number of hydrogen-bond acceptors (Lipinski definition) is 5. The first kappa shape index (κ1) is 20.5. The molecule has 1 aromatic heterocycles. The van der Waals surface area contributed by atoms with Crippen LogP contribution < -0.4 is 10.3 Å². The number of nitrogens with zero attached hydrogens (tertiary/aromatic N) is 4. The lowest BCUT2D eigenvalue weighted by molar-refractivity contribution is -0.131. The average molecular weight is 416 g/mol. The molecule has 31 heavy (non-hydrogen) atoms. The maximum atomic E-state index is 12.9. The van der Waals surface area contributed by atoms with Crippen LogP contribution in [0.15, 0.2) is 65.5 Å². The van der Waals surface area contributed by atoms with Crippen molar-refractivity contribution in [2.45, 2.75) is 26.4 Å². The SMILES string of the molecule is CCCOc1ccc2ccccc2c1CN(C)C(=O)Cn1nnc2ccccc2c1=O. The van der Waals surface area contributed by atoms with Crippen molar-refractivity contribution in [1.29, 1.82) is 0 Å². The van der Waals surface area contributed by atoms with Gasteiger partial charge in [-0.1, -0.05) is 54.6 Å². The number of carbonyl (C=O) groups excluding carboxylic acids is 1. The predicted molar refractivity (Wildman–Crippen MR) is 120 cm³/mol. The summed E-state index contributed by atoms with van der Waals surface area (Å²) in [5, 5.41) is 10.5. The quantitative estimate of drug-likeness (QED) is 0.462. The normalized spacial score (nSPS) is 11.0. The summed E-state index contributed by atoms with van der Waals surface area (Å²) in [6.07, 6.45) is 0.893. The number of fused-ring (bicyclic) bond motifs is 2. The second-order valence-corrected chi connectivity index (χ2v) is 7.43. The van der Waals surface area contributed by atoms with Gasteiger partial charge in [0.1, 0.15) is 17.8 Å². The minimum atomic E-state index is -0.329. The highest BCUT2D eigenvalue weighted by Gasteiger charge is 2.17. The highest BCUT2D eigenvalue weighted by atomic mass is 16.5. The van der Waals surface area contributed by atoms with Gasteiger partial charge < -0.3 is 9.64 Å². The fourth-order valence-corrected chi connectivity index (χ4v) is 3.53. The number of rotatable bonds is 7. The van der Waals surface area contributed by atoms with E-state index in [1.165, 1.54) is 0 Å². The van der Waals surface area contributed by atoms with Gasteiger partial charge in [0.25, 0.3) is 5.56 Å². The Morgan fingerprint density at radius 1 is 1.03 bits per heavy atom. The molecule has 0 aliphatic rings. The van der Waals surface area contributed by atoms with Crippen molar-refractivity contribution in [3.05, 3.63) is 76.6 Å². The van der Waals surface area contributed by atoms with Crippen molar-refractivity contribution in [1.82, 2.24) is 19.9 Å². The minimum absolute atomic E-state index is 0.177. The van der Waals surface area contributed by atoms with E-state index in [0.717, 1.165) is 33.2 Å². The summed E-state index contributed by atoms with van der Waals surface area (Å²) in [5.41, 5.74) is 1.13. The topological polar surface area (TPSA) is 77.3 Å². The van der Waals surface area contributed by atoms with Crippen molar-refractivity contribution < 1.29 is 9.53 Å². The summed E-state index contributed by atoms with van der Waals surface area (Å²) in [7, 11) is 1.72. The molecule has 0 unspecified atom stereocenters. The summed E-state index contributed by atoms with van der Waals surface area (Å²) >= 11 is 0. The molecule has 0 N–H and O–H groups in total. The molecule has 0 spiro atoms. The fourth-order valence-electron chi connectivity index (χ4n) is 3.53. The second kappa shape index (κ2) is 8.95. The summed E-state index contributed by atoms with van der Waals surface area (Å²) in [5.74, 6) is 0.531. The highest BCUT2D eigenvalue weighted by molar-refractivity contribution is 5.88. The van der Waals surface area contributed by atoms with Gasteiger partial charge in [-0.05, 0) is 35.4 Å². The van der Waals surface area contributed by atoms with Gasteiger partial charge in [0.15, 0.2) is 0 Å². The van der Waals surface area contributed by atoms with E-state index in [2.05, 4.69) is 17.2 Å². The first-order valence-electron chi connectivity index (χ1n) is 10.3. The monoisotopic (exact) mass is 416 g/mol. The molecule has 0 saturated carbocycles. The lowest BCUT2D eigenvalue weighted by atomic mass is 10.0. The molecule has 4 rings (SSSR count). The molecule has 0 fully saturated rings. The van der Waals surface area contributed by atoms with Crippen LogP contribution in [-0.2, 0) is 17.9 Å². The van der Waals surface area contributed by atoms with Crippen LogP contribution in [0.25, 0.3) is 21.7 Å². The minimum Gasteiger partial charge on any atom is -0.493 e. The van der Waals surface area contributed by atoms with Crippen LogP contribution in [0.1, 0.15) is 18.9 Å². The molecule has 3 aromatic carbocycles.